The molecule has 1 aliphatic rings. The van der Waals surface area contributed by atoms with Crippen molar-refractivity contribution in [1.29, 1.82) is 0 Å². The van der Waals surface area contributed by atoms with Crippen molar-refractivity contribution in [2.75, 3.05) is 36.1 Å². The smallest absolute Gasteiger partial charge is 0.159 e. The second-order valence-electron chi connectivity index (χ2n) is 5.71. The number of hydrogen-bond acceptors (Lipinski definition) is 6. The molecule has 1 fully saturated rings. The van der Waals surface area contributed by atoms with Crippen LogP contribution in [0.25, 0.3) is 0 Å². The highest BCUT2D eigenvalue weighted by atomic mass is 16.5. The van der Waals surface area contributed by atoms with Gasteiger partial charge in [-0.05, 0) is 37.1 Å². The number of benzene rings is 1. The second-order valence-corrected chi connectivity index (χ2v) is 5.71. The summed E-state index contributed by atoms with van der Waals surface area (Å²) in [5, 5.41) is 3.26. The van der Waals surface area contributed by atoms with Crippen molar-refractivity contribution in [1.82, 2.24) is 9.97 Å². The van der Waals surface area contributed by atoms with Crippen LogP contribution in [0.3, 0.4) is 0 Å². The Hall–Kier alpha value is -2.50. The first-order valence-electron chi connectivity index (χ1n) is 8.04. The van der Waals surface area contributed by atoms with E-state index in [-0.39, 0.29) is 0 Å². The Morgan fingerprint density at radius 2 is 1.74 bits per heavy atom. The molecule has 0 radical (unpaired) electrons. The van der Waals surface area contributed by atoms with E-state index in [1.807, 2.05) is 24.3 Å². The van der Waals surface area contributed by atoms with Crippen molar-refractivity contribution < 1.29 is 4.74 Å². The summed E-state index contributed by atoms with van der Waals surface area (Å²) in [4.78, 5) is 11.0. The van der Waals surface area contributed by atoms with E-state index in [0.717, 1.165) is 30.3 Å². The first-order chi connectivity index (χ1) is 11.3. The average molecular weight is 313 g/mol. The van der Waals surface area contributed by atoms with Crippen LogP contribution in [0.5, 0.6) is 5.75 Å². The van der Waals surface area contributed by atoms with Crippen LogP contribution in [0, 0.1) is 0 Å². The van der Waals surface area contributed by atoms with Crippen molar-refractivity contribution in [2.45, 2.75) is 25.7 Å². The van der Waals surface area contributed by atoms with Crippen molar-refractivity contribution in [3.63, 3.8) is 0 Å². The third kappa shape index (κ3) is 3.64. The third-order valence-corrected chi connectivity index (χ3v) is 4.12. The molecule has 0 atom stereocenters. The molecule has 23 heavy (non-hydrogen) atoms. The number of methoxy groups -OCH3 is 1. The van der Waals surface area contributed by atoms with Crippen LogP contribution in [-0.4, -0.2) is 30.2 Å². The zero-order valence-corrected chi connectivity index (χ0v) is 13.5. The minimum atomic E-state index is 0.602. The highest BCUT2D eigenvalue weighted by Crippen LogP contribution is 2.30. The SMILES string of the molecule is COc1ccc(Nc2ncnc(N3CCCCCC3)c2N)cc1. The number of hydrogen-bond donors (Lipinski definition) is 2. The maximum absolute atomic E-state index is 6.32. The van der Waals surface area contributed by atoms with Gasteiger partial charge in [-0.1, -0.05) is 12.8 Å². The molecular formula is C17H23N5O. The quantitative estimate of drug-likeness (QED) is 0.903. The van der Waals surface area contributed by atoms with Gasteiger partial charge in [-0.3, -0.25) is 0 Å². The summed E-state index contributed by atoms with van der Waals surface area (Å²) in [5.74, 6) is 2.29. The van der Waals surface area contributed by atoms with Crippen molar-refractivity contribution in [2.24, 2.45) is 0 Å². The maximum atomic E-state index is 6.32. The van der Waals surface area contributed by atoms with Crippen molar-refractivity contribution in [3.05, 3.63) is 30.6 Å². The summed E-state index contributed by atoms with van der Waals surface area (Å²) in [5.41, 5.74) is 7.83. The lowest BCUT2D eigenvalue weighted by Crippen LogP contribution is -2.26. The van der Waals surface area contributed by atoms with E-state index in [9.17, 15) is 0 Å². The predicted molar refractivity (Wildman–Crippen MR) is 93.4 cm³/mol. The third-order valence-electron chi connectivity index (χ3n) is 4.12. The van der Waals surface area contributed by atoms with Gasteiger partial charge in [0.25, 0.3) is 0 Å². The first-order valence-corrected chi connectivity index (χ1v) is 8.04. The summed E-state index contributed by atoms with van der Waals surface area (Å²) in [7, 11) is 1.65. The highest BCUT2D eigenvalue weighted by Gasteiger charge is 2.16. The first kappa shape index (κ1) is 15.4. The summed E-state index contributed by atoms with van der Waals surface area (Å²) < 4.78 is 5.17. The molecule has 0 amide bonds. The van der Waals surface area contributed by atoms with E-state index in [2.05, 4.69) is 20.2 Å². The highest BCUT2D eigenvalue weighted by molar-refractivity contribution is 5.78. The minimum absolute atomic E-state index is 0.602. The topological polar surface area (TPSA) is 76.3 Å². The fourth-order valence-corrected chi connectivity index (χ4v) is 2.83. The zero-order valence-electron chi connectivity index (χ0n) is 13.5. The van der Waals surface area contributed by atoms with Gasteiger partial charge in [0.2, 0.25) is 0 Å². The largest absolute Gasteiger partial charge is 0.497 e. The normalized spacial score (nSPS) is 15.1. The van der Waals surface area contributed by atoms with Crippen LogP contribution in [0.4, 0.5) is 23.0 Å². The number of nitrogen functional groups attached to an aromatic ring is 1. The van der Waals surface area contributed by atoms with Crippen LogP contribution >= 0.6 is 0 Å². The van der Waals surface area contributed by atoms with Gasteiger partial charge < -0.3 is 20.7 Å². The molecule has 6 heteroatoms. The number of nitrogens with one attached hydrogen (secondary N) is 1. The van der Waals surface area contributed by atoms with Crippen LogP contribution in [-0.2, 0) is 0 Å². The van der Waals surface area contributed by atoms with Gasteiger partial charge in [-0.25, -0.2) is 9.97 Å². The molecule has 0 bridgehead atoms. The lowest BCUT2D eigenvalue weighted by Gasteiger charge is -2.23. The molecule has 0 unspecified atom stereocenters. The molecule has 3 N–H and O–H groups in total. The second kappa shape index (κ2) is 7.17. The lowest BCUT2D eigenvalue weighted by molar-refractivity contribution is 0.415. The molecule has 1 saturated heterocycles. The van der Waals surface area contributed by atoms with E-state index >= 15 is 0 Å². The summed E-state index contributed by atoms with van der Waals surface area (Å²) >= 11 is 0. The Labute approximate surface area is 136 Å². The molecule has 3 rings (SSSR count). The molecule has 2 aromatic rings. The van der Waals surface area contributed by atoms with Gasteiger partial charge in [0.15, 0.2) is 11.6 Å². The number of aromatic nitrogens is 2. The summed E-state index contributed by atoms with van der Waals surface area (Å²) in [6.45, 7) is 2.01. The Bertz CT molecular complexity index is 636. The van der Waals surface area contributed by atoms with E-state index in [1.165, 1.54) is 25.7 Å². The molecular weight excluding hydrogens is 290 g/mol. The molecule has 2 heterocycles. The summed E-state index contributed by atoms with van der Waals surface area (Å²) in [6.07, 6.45) is 6.49. The van der Waals surface area contributed by atoms with E-state index in [1.54, 1.807) is 13.4 Å². The Morgan fingerprint density at radius 1 is 1.04 bits per heavy atom. The molecule has 1 aromatic carbocycles. The Kier molecular flexibility index (Phi) is 4.80. The maximum Gasteiger partial charge on any atom is 0.159 e. The van der Waals surface area contributed by atoms with Crippen LogP contribution < -0.4 is 20.7 Å². The predicted octanol–water partition coefficient (Wildman–Crippen LogP) is 3.19. The van der Waals surface area contributed by atoms with E-state index in [0.29, 0.717) is 11.5 Å². The van der Waals surface area contributed by atoms with Gasteiger partial charge >= 0.3 is 0 Å². The van der Waals surface area contributed by atoms with Crippen LogP contribution in [0.15, 0.2) is 30.6 Å². The fraction of sp³-hybridized carbons (Fsp3) is 0.412. The molecule has 6 nitrogen and oxygen atoms in total. The molecule has 0 saturated carbocycles. The molecule has 0 aliphatic carbocycles. The number of anilines is 4. The number of ether oxygens (including phenoxy) is 1. The molecule has 122 valence electrons. The molecule has 1 aromatic heterocycles. The van der Waals surface area contributed by atoms with Gasteiger partial charge in [-0.2, -0.15) is 0 Å². The van der Waals surface area contributed by atoms with Gasteiger partial charge in [0.05, 0.1) is 7.11 Å². The van der Waals surface area contributed by atoms with E-state index in [4.69, 9.17) is 10.5 Å². The van der Waals surface area contributed by atoms with Gasteiger partial charge in [0, 0.05) is 18.8 Å². The van der Waals surface area contributed by atoms with Crippen molar-refractivity contribution in [3.8, 4) is 5.75 Å². The number of nitrogens with two attached hydrogens (primary N) is 1. The Morgan fingerprint density at radius 3 is 2.39 bits per heavy atom. The monoisotopic (exact) mass is 313 g/mol. The zero-order chi connectivity index (χ0) is 16.1. The van der Waals surface area contributed by atoms with Gasteiger partial charge in [0.1, 0.15) is 17.8 Å². The summed E-state index contributed by atoms with van der Waals surface area (Å²) in [6, 6.07) is 7.67. The molecule has 0 spiro atoms. The van der Waals surface area contributed by atoms with Crippen LogP contribution in [0.1, 0.15) is 25.7 Å². The van der Waals surface area contributed by atoms with Crippen molar-refractivity contribution >= 4 is 23.0 Å². The number of nitrogens with zero attached hydrogens (tertiary/aromatic N) is 3. The van der Waals surface area contributed by atoms with Gasteiger partial charge in [-0.15, -0.1) is 0 Å². The van der Waals surface area contributed by atoms with E-state index < -0.39 is 0 Å². The average Bonchev–Trinajstić information content (AvgIpc) is 2.87. The minimum Gasteiger partial charge on any atom is -0.497 e. The van der Waals surface area contributed by atoms with Crippen LogP contribution in [0.2, 0.25) is 0 Å². The fourth-order valence-electron chi connectivity index (χ4n) is 2.83. The lowest BCUT2D eigenvalue weighted by atomic mass is 10.2. The molecule has 1 aliphatic heterocycles. The standard InChI is InChI=1S/C17H23N5O/c1-23-14-8-6-13(7-9-14)21-16-15(18)17(20-12-19-16)22-10-4-2-3-5-11-22/h6-9,12H,2-5,10-11,18H2,1H3,(H,19,20,21). The number of rotatable bonds is 4. The Balaban J connectivity index is 1.80.